The molecule has 0 radical (unpaired) electrons. The van der Waals surface area contributed by atoms with Crippen LogP contribution in [0.1, 0.15) is 33.1 Å². The average Bonchev–Trinajstić information content (AvgIpc) is 2.85. The molecular formula is C14H24N2O5. The first-order chi connectivity index (χ1) is 9.82. The van der Waals surface area contributed by atoms with Crippen LogP contribution in [0.2, 0.25) is 0 Å². The molecule has 7 heteroatoms. The highest BCUT2D eigenvalue weighted by molar-refractivity contribution is 5.77. The van der Waals surface area contributed by atoms with Gasteiger partial charge in [0.05, 0.1) is 37.3 Å². The van der Waals surface area contributed by atoms with Gasteiger partial charge < -0.3 is 25.2 Å². The summed E-state index contributed by atoms with van der Waals surface area (Å²) in [5.41, 5.74) is -0.523. The number of aliphatic hydroxyl groups excluding tert-OH is 1. The number of rotatable bonds is 3. The summed E-state index contributed by atoms with van der Waals surface area (Å²) in [4.78, 5) is 25.1. The van der Waals surface area contributed by atoms with Crippen molar-refractivity contribution in [1.29, 1.82) is 0 Å². The van der Waals surface area contributed by atoms with Crippen molar-refractivity contribution in [3.8, 4) is 0 Å². The predicted octanol–water partition coefficient (Wildman–Crippen LogP) is 0.421. The molecule has 2 amide bonds. The summed E-state index contributed by atoms with van der Waals surface area (Å²) in [7, 11) is 0. The molecule has 2 rings (SSSR count). The Morgan fingerprint density at radius 2 is 2.10 bits per heavy atom. The van der Waals surface area contributed by atoms with E-state index in [4.69, 9.17) is 9.84 Å². The van der Waals surface area contributed by atoms with Gasteiger partial charge in [-0.25, -0.2) is 4.79 Å². The van der Waals surface area contributed by atoms with E-state index in [9.17, 15) is 14.7 Å². The van der Waals surface area contributed by atoms with Crippen LogP contribution < -0.4 is 5.32 Å². The van der Waals surface area contributed by atoms with E-state index in [0.29, 0.717) is 25.9 Å². The largest absolute Gasteiger partial charge is 0.481 e. The first-order valence-corrected chi connectivity index (χ1v) is 7.39. The minimum Gasteiger partial charge on any atom is -0.481 e. The third kappa shape index (κ3) is 3.85. The minimum absolute atomic E-state index is 0.144. The number of carbonyl (C=O) groups is 2. The number of aliphatic carboxylic acids is 1. The first-order valence-electron chi connectivity index (χ1n) is 7.39. The molecule has 21 heavy (non-hydrogen) atoms. The number of hydrogen-bond donors (Lipinski definition) is 3. The van der Waals surface area contributed by atoms with Gasteiger partial charge in [0.2, 0.25) is 0 Å². The molecule has 0 aromatic heterocycles. The number of morpholine rings is 1. The lowest BCUT2D eigenvalue weighted by Gasteiger charge is -2.42. The van der Waals surface area contributed by atoms with Crippen LogP contribution in [-0.2, 0) is 9.53 Å². The number of amides is 2. The number of nitrogens with one attached hydrogen (secondary N) is 1. The normalized spacial score (nSPS) is 32.0. The quantitative estimate of drug-likeness (QED) is 0.701. The van der Waals surface area contributed by atoms with Gasteiger partial charge in [-0.3, -0.25) is 4.79 Å². The summed E-state index contributed by atoms with van der Waals surface area (Å²) in [5.74, 6) is -1.36. The number of aliphatic hydroxyl groups is 1. The van der Waals surface area contributed by atoms with Crippen LogP contribution in [0.5, 0.6) is 0 Å². The van der Waals surface area contributed by atoms with Crippen LogP contribution >= 0.6 is 0 Å². The second-order valence-electron chi connectivity index (χ2n) is 6.49. The fourth-order valence-corrected chi connectivity index (χ4v) is 3.22. The maximum absolute atomic E-state index is 12.4. The van der Waals surface area contributed by atoms with Crippen molar-refractivity contribution in [2.24, 2.45) is 5.92 Å². The van der Waals surface area contributed by atoms with Gasteiger partial charge in [-0.15, -0.1) is 0 Å². The Morgan fingerprint density at radius 3 is 2.71 bits per heavy atom. The summed E-state index contributed by atoms with van der Waals surface area (Å²) < 4.78 is 5.67. The molecule has 1 heterocycles. The Hall–Kier alpha value is -1.34. The van der Waals surface area contributed by atoms with Crippen LogP contribution in [0.4, 0.5) is 4.79 Å². The molecule has 0 bridgehead atoms. The SMILES string of the molecule is CC1(C)CN(C(=O)NC2CCCC2C(=O)O)CC(CO)O1. The molecule has 0 aromatic rings. The predicted molar refractivity (Wildman–Crippen MR) is 74.9 cm³/mol. The summed E-state index contributed by atoms with van der Waals surface area (Å²) in [6, 6.07) is -0.587. The minimum atomic E-state index is -0.853. The molecule has 0 aromatic carbocycles. The number of ether oxygens (including phenoxy) is 1. The second-order valence-corrected chi connectivity index (χ2v) is 6.49. The Kier molecular flexibility index (Phi) is 4.73. The van der Waals surface area contributed by atoms with Crippen LogP contribution in [0.3, 0.4) is 0 Å². The van der Waals surface area contributed by atoms with Gasteiger partial charge in [0.15, 0.2) is 0 Å². The van der Waals surface area contributed by atoms with Crippen molar-refractivity contribution in [3.63, 3.8) is 0 Å². The monoisotopic (exact) mass is 300 g/mol. The molecule has 1 saturated heterocycles. The van der Waals surface area contributed by atoms with E-state index < -0.39 is 23.6 Å². The zero-order chi connectivity index (χ0) is 15.6. The number of hydrogen-bond acceptors (Lipinski definition) is 4. The van der Waals surface area contributed by atoms with Gasteiger partial charge >= 0.3 is 12.0 Å². The molecule has 3 atom stereocenters. The second kappa shape index (κ2) is 6.19. The lowest BCUT2D eigenvalue weighted by atomic mass is 10.0. The van der Waals surface area contributed by atoms with E-state index in [1.54, 1.807) is 4.90 Å². The third-order valence-electron chi connectivity index (χ3n) is 4.11. The van der Waals surface area contributed by atoms with E-state index in [2.05, 4.69) is 5.32 Å². The molecular weight excluding hydrogens is 276 g/mol. The highest BCUT2D eigenvalue weighted by atomic mass is 16.5. The summed E-state index contributed by atoms with van der Waals surface area (Å²) in [5, 5.41) is 21.2. The Labute approximate surface area is 124 Å². The highest BCUT2D eigenvalue weighted by Gasteiger charge is 2.38. The van der Waals surface area contributed by atoms with Crippen LogP contribution in [0.25, 0.3) is 0 Å². The van der Waals surface area contributed by atoms with E-state index >= 15 is 0 Å². The molecule has 3 N–H and O–H groups in total. The van der Waals surface area contributed by atoms with Crippen LogP contribution in [0, 0.1) is 5.92 Å². The molecule has 1 aliphatic carbocycles. The molecule has 0 spiro atoms. The van der Waals surface area contributed by atoms with Crippen molar-refractivity contribution >= 4 is 12.0 Å². The van der Waals surface area contributed by atoms with Crippen molar-refractivity contribution in [1.82, 2.24) is 10.2 Å². The lowest BCUT2D eigenvalue weighted by molar-refractivity contribution is -0.142. The Morgan fingerprint density at radius 1 is 1.38 bits per heavy atom. The van der Waals surface area contributed by atoms with Crippen molar-refractivity contribution in [3.05, 3.63) is 0 Å². The first kappa shape index (κ1) is 16.0. The molecule has 1 saturated carbocycles. The van der Waals surface area contributed by atoms with Gasteiger partial charge in [-0.1, -0.05) is 6.42 Å². The van der Waals surface area contributed by atoms with E-state index in [1.807, 2.05) is 13.8 Å². The topological polar surface area (TPSA) is 99.1 Å². The Bertz CT molecular complexity index is 412. The van der Waals surface area contributed by atoms with Crippen molar-refractivity contribution in [2.75, 3.05) is 19.7 Å². The third-order valence-corrected chi connectivity index (χ3v) is 4.11. The maximum Gasteiger partial charge on any atom is 0.317 e. The fraction of sp³-hybridized carbons (Fsp3) is 0.857. The van der Waals surface area contributed by atoms with Gasteiger partial charge in [0.1, 0.15) is 0 Å². The zero-order valence-electron chi connectivity index (χ0n) is 12.5. The molecule has 120 valence electrons. The van der Waals surface area contributed by atoms with Crippen molar-refractivity contribution < 1.29 is 24.5 Å². The smallest absolute Gasteiger partial charge is 0.317 e. The highest BCUT2D eigenvalue weighted by Crippen LogP contribution is 2.27. The van der Waals surface area contributed by atoms with Crippen LogP contribution in [0.15, 0.2) is 0 Å². The van der Waals surface area contributed by atoms with Crippen LogP contribution in [-0.4, -0.2) is 64.6 Å². The molecule has 2 aliphatic rings. The summed E-state index contributed by atoms with van der Waals surface area (Å²) in [6.07, 6.45) is 1.71. The number of carboxylic acid groups (broad SMARTS) is 1. The van der Waals surface area contributed by atoms with Gasteiger partial charge in [0.25, 0.3) is 0 Å². The van der Waals surface area contributed by atoms with E-state index in [1.165, 1.54) is 0 Å². The maximum atomic E-state index is 12.4. The van der Waals surface area contributed by atoms with Gasteiger partial charge in [-0.05, 0) is 26.7 Å². The molecule has 3 unspecified atom stereocenters. The summed E-state index contributed by atoms with van der Waals surface area (Å²) in [6.45, 7) is 4.32. The van der Waals surface area contributed by atoms with Gasteiger partial charge in [-0.2, -0.15) is 0 Å². The lowest BCUT2D eigenvalue weighted by Crippen LogP contribution is -2.59. The molecule has 1 aliphatic heterocycles. The molecule has 7 nitrogen and oxygen atoms in total. The standard InChI is InChI=1S/C14H24N2O5/c1-14(2)8-16(6-9(7-17)21-14)13(20)15-11-5-3-4-10(11)12(18)19/h9-11,17H,3-8H2,1-2H3,(H,15,20)(H,18,19). The number of carbonyl (C=O) groups excluding carboxylic acids is 1. The fourth-order valence-electron chi connectivity index (χ4n) is 3.22. The van der Waals surface area contributed by atoms with E-state index in [-0.39, 0.29) is 18.7 Å². The number of carboxylic acids is 1. The van der Waals surface area contributed by atoms with E-state index in [0.717, 1.165) is 6.42 Å². The summed E-state index contributed by atoms with van der Waals surface area (Å²) >= 11 is 0. The Balaban J connectivity index is 1.97. The number of urea groups is 1. The van der Waals surface area contributed by atoms with Gasteiger partial charge in [0, 0.05) is 6.04 Å². The molecule has 2 fully saturated rings. The average molecular weight is 300 g/mol. The zero-order valence-corrected chi connectivity index (χ0v) is 12.5. The number of nitrogens with zero attached hydrogens (tertiary/aromatic N) is 1. The van der Waals surface area contributed by atoms with Crippen molar-refractivity contribution in [2.45, 2.75) is 50.9 Å².